The fourth-order valence-corrected chi connectivity index (χ4v) is 3.08. The molecule has 0 bridgehead atoms. The van der Waals surface area contributed by atoms with Gasteiger partial charge >= 0.3 is 0 Å². The number of carbonyl (C=O) groups is 1. The van der Waals surface area contributed by atoms with E-state index in [-0.39, 0.29) is 11.9 Å². The minimum atomic E-state index is -0.298. The second-order valence-electron chi connectivity index (χ2n) is 4.44. The minimum Gasteiger partial charge on any atom is -0.309 e. The van der Waals surface area contributed by atoms with Crippen LogP contribution in [0.1, 0.15) is 35.9 Å². The first-order valence-electron chi connectivity index (χ1n) is 6.46. The predicted molar refractivity (Wildman–Crippen MR) is 88.6 cm³/mol. The summed E-state index contributed by atoms with van der Waals surface area (Å²) in [7, 11) is 0. The number of amides is 1. The molecule has 0 aliphatic heterocycles. The van der Waals surface area contributed by atoms with Gasteiger partial charge in [0.15, 0.2) is 5.13 Å². The summed E-state index contributed by atoms with van der Waals surface area (Å²) in [5.74, 6) is -0.298. The monoisotopic (exact) mass is 343 g/mol. The third kappa shape index (κ3) is 4.17. The Labute approximate surface area is 137 Å². The third-order valence-corrected chi connectivity index (χ3v) is 4.20. The highest BCUT2D eigenvalue weighted by Crippen LogP contribution is 2.24. The number of nitrogens with one attached hydrogen (secondary N) is 2. The molecule has 1 heterocycles. The van der Waals surface area contributed by atoms with Gasteiger partial charge in [-0.15, -0.1) is 11.3 Å². The van der Waals surface area contributed by atoms with E-state index < -0.39 is 0 Å². The van der Waals surface area contributed by atoms with Crippen molar-refractivity contribution in [3.63, 3.8) is 0 Å². The van der Waals surface area contributed by atoms with Crippen molar-refractivity contribution in [2.24, 2.45) is 0 Å². The van der Waals surface area contributed by atoms with E-state index in [9.17, 15) is 4.79 Å². The normalized spacial score (nSPS) is 12.2. The average Bonchev–Trinajstić information content (AvgIpc) is 2.87. The Morgan fingerprint density at radius 1 is 1.43 bits per heavy atom. The topological polar surface area (TPSA) is 54.0 Å². The molecule has 0 aliphatic rings. The van der Waals surface area contributed by atoms with E-state index in [1.807, 2.05) is 19.2 Å². The maximum Gasteiger partial charge on any atom is 0.258 e. The van der Waals surface area contributed by atoms with Gasteiger partial charge in [-0.3, -0.25) is 10.1 Å². The molecule has 112 valence electrons. The second-order valence-corrected chi connectivity index (χ2v) is 6.14. The van der Waals surface area contributed by atoms with E-state index in [1.165, 1.54) is 11.3 Å². The highest BCUT2D eigenvalue weighted by molar-refractivity contribution is 7.14. The van der Waals surface area contributed by atoms with E-state index in [0.29, 0.717) is 20.7 Å². The maximum atomic E-state index is 12.2. The van der Waals surface area contributed by atoms with Gasteiger partial charge in [0.1, 0.15) is 0 Å². The molecule has 2 rings (SSSR count). The van der Waals surface area contributed by atoms with Crippen LogP contribution in [0.4, 0.5) is 5.13 Å². The van der Waals surface area contributed by atoms with Crippen molar-refractivity contribution in [3.05, 3.63) is 44.9 Å². The van der Waals surface area contributed by atoms with Crippen LogP contribution < -0.4 is 10.6 Å². The molecule has 4 nitrogen and oxygen atoms in total. The van der Waals surface area contributed by atoms with Crippen LogP contribution in [-0.4, -0.2) is 17.4 Å². The Kier molecular flexibility index (Phi) is 5.58. The van der Waals surface area contributed by atoms with E-state index in [0.717, 1.165) is 12.2 Å². The number of anilines is 1. The van der Waals surface area contributed by atoms with Gasteiger partial charge in [0.2, 0.25) is 0 Å². The van der Waals surface area contributed by atoms with Crippen LogP contribution in [0, 0.1) is 0 Å². The molecule has 1 amide bonds. The molecule has 0 fully saturated rings. The Balaban J connectivity index is 2.09. The standard InChI is InChI=1S/C14H15Cl2N3OS/c1-3-17-8(2)12-7-21-14(18-12)19-13(20)10-5-4-9(15)6-11(10)16/h4-8,17H,3H2,1-2H3,(H,18,19,20). The zero-order chi connectivity index (χ0) is 15.4. The molecule has 1 unspecified atom stereocenters. The number of nitrogens with zero attached hydrogens (tertiary/aromatic N) is 1. The smallest absolute Gasteiger partial charge is 0.258 e. The van der Waals surface area contributed by atoms with Gasteiger partial charge in [-0.1, -0.05) is 30.1 Å². The summed E-state index contributed by atoms with van der Waals surface area (Å²) in [5.41, 5.74) is 1.27. The zero-order valence-corrected chi connectivity index (χ0v) is 13.9. The van der Waals surface area contributed by atoms with Crippen molar-refractivity contribution in [2.75, 3.05) is 11.9 Å². The number of hydrogen-bond donors (Lipinski definition) is 2. The van der Waals surface area contributed by atoms with Crippen LogP contribution in [0.3, 0.4) is 0 Å². The molecule has 1 atom stereocenters. The van der Waals surface area contributed by atoms with Crippen molar-refractivity contribution in [1.29, 1.82) is 0 Å². The molecule has 0 spiro atoms. The van der Waals surface area contributed by atoms with Crippen LogP contribution in [0.2, 0.25) is 10.0 Å². The van der Waals surface area contributed by atoms with Gasteiger partial charge in [-0.25, -0.2) is 4.98 Å². The van der Waals surface area contributed by atoms with Crippen LogP contribution in [0.5, 0.6) is 0 Å². The van der Waals surface area contributed by atoms with Gasteiger partial charge in [0.05, 0.1) is 16.3 Å². The summed E-state index contributed by atoms with van der Waals surface area (Å²) in [6.07, 6.45) is 0. The van der Waals surface area contributed by atoms with Gasteiger partial charge in [0, 0.05) is 16.4 Å². The Morgan fingerprint density at radius 3 is 2.86 bits per heavy atom. The molecule has 2 N–H and O–H groups in total. The number of thiazole rings is 1. The predicted octanol–water partition coefficient (Wildman–Crippen LogP) is 4.37. The van der Waals surface area contributed by atoms with Crippen LogP contribution >= 0.6 is 34.5 Å². The quantitative estimate of drug-likeness (QED) is 0.847. The van der Waals surface area contributed by atoms with Crippen LogP contribution in [0.25, 0.3) is 0 Å². The van der Waals surface area contributed by atoms with E-state index >= 15 is 0 Å². The van der Waals surface area contributed by atoms with E-state index in [1.54, 1.807) is 18.2 Å². The molecule has 7 heteroatoms. The van der Waals surface area contributed by atoms with Gasteiger partial charge in [-0.2, -0.15) is 0 Å². The number of hydrogen-bond acceptors (Lipinski definition) is 4. The lowest BCUT2D eigenvalue weighted by Gasteiger charge is -2.08. The first kappa shape index (κ1) is 16.2. The summed E-state index contributed by atoms with van der Waals surface area (Å²) < 4.78 is 0. The first-order valence-corrected chi connectivity index (χ1v) is 8.10. The van der Waals surface area contributed by atoms with Crippen molar-refractivity contribution in [2.45, 2.75) is 19.9 Å². The van der Waals surface area contributed by atoms with Crippen molar-refractivity contribution >= 4 is 45.6 Å². The Morgan fingerprint density at radius 2 is 2.19 bits per heavy atom. The Hall–Kier alpha value is -1.14. The number of carbonyl (C=O) groups excluding carboxylic acids is 1. The summed E-state index contributed by atoms with van der Waals surface area (Å²) in [5, 5.41) is 9.30. The summed E-state index contributed by atoms with van der Waals surface area (Å²) >= 11 is 13.2. The second kappa shape index (κ2) is 7.22. The first-order chi connectivity index (χ1) is 10.0. The maximum absolute atomic E-state index is 12.2. The molecule has 1 aromatic heterocycles. The Bertz CT molecular complexity index is 645. The van der Waals surface area contributed by atoms with Gasteiger partial charge in [0.25, 0.3) is 5.91 Å². The molecular formula is C14H15Cl2N3OS. The summed E-state index contributed by atoms with van der Waals surface area (Å²) in [6, 6.07) is 4.91. The molecule has 0 saturated heterocycles. The molecule has 0 aliphatic carbocycles. The average molecular weight is 344 g/mol. The lowest BCUT2D eigenvalue weighted by Crippen LogP contribution is -2.18. The number of rotatable bonds is 5. The van der Waals surface area contributed by atoms with Gasteiger partial charge < -0.3 is 5.32 Å². The van der Waals surface area contributed by atoms with E-state index in [2.05, 4.69) is 15.6 Å². The van der Waals surface area contributed by atoms with Crippen LogP contribution in [-0.2, 0) is 0 Å². The lowest BCUT2D eigenvalue weighted by molar-refractivity contribution is 0.102. The highest BCUT2D eigenvalue weighted by atomic mass is 35.5. The van der Waals surface area contributed by atoms with Crippen molar-refractivity contribution in [1.82, 2.24) is 10.3 Å². The van der Waals surface area contributed by atoms with Crippen molar-refractivity contribution < 1.29 is 4.79 Å². The van der Waals surface area contributed by atoms with Crippen molar-refractivity contribution in [3.8, 4) is 0 Å². The number of aromatic nitrogens is 1. The van der Waals surface area contributed by atoms with Gasteiger partial charge in [-0.05, 0) is 31.7 Å². The number of halogens is 2. The molecule has 0 radical (unpaired) electrons. The molecular weight excluding hydrogens is 329 g/mol. The molecule has 2 aromatic rings. The summed E-state index contributed by atoms with van der Waals surface area (Å²) in [6.45, 7) is 4.93. The molecule has 1 aromatic carbocycles. The fraction of sp³-hybridized carbons (Fsp3) is 0.286. The highest BCUT2D eigenvalue weighted by Gasteiger charge is 2.14. The number of benzene rings is 1. The minimum absolute atomic E-state index is 0.149. The van der Waals surface area contributed by atoms with E-state index in [4.69, 9.17) is 23.2 Å². The van der Waals surface area contributed by atoms with Crippen LogP contribution in [0.15, 0.2) is 23.6 Å². The lowest BCUT2D eigenvalue weighted by atomic mass is 10.2. The molecule has 0 saturated carbocycles. The third-order valence-electron chi connectivity index (χ3n) is 2.87. The summed E-state index contributed by atoms with van der Waals surface area (Å²) in [4.78, 5) is 16.6. The fourth-order valence-electron chi connectivity index (χ4n) is 1.79. The molecule has 21 heavy (non-hydrogen) atoms. The SMILES string of the molecule is CCNC(C)c1csc(NC(=O)c2ccc(Cl)cc2Cl)n1. The zero-order valence-electron chi connectivity index (χ0n) is 11.6. The largest absolute Gasteiger partial charge is 0.309 e.